The molecule has 1 aromatic rings. The summed E-state index contributed by atoms with van der Waals surface area (Å²) in [6.07, 6.45) is 2.59. The molecule has 0 unspecified atom stereocenters. The molecule has 0 bridgehead atoms. The average molecular weight is 294 g/mol. The summed E-state index contributed by atoms with van der Waals surface area (Å²) in [6, 6.07) is 0. The van der Waals surface area contributed by atoms with Gasteiger partial charge in [-0.2, -0.15) is 0 Å². The Morgan fingerprint density at radius 2 is 2.38 bits per heavy atom. The number of amides is 1. The number of aryl methyl sites for hydroxylation is 2. The molecule has 3 rings (SSSR count). The summed E-state index contributed by atoms with van der Waals surface area (Å²) >= 11 is 0. The quantitative estimate of drug-likeness (QED) is 0.846. The summed E-state index contributed by atoms with van der Waals surface area (Å²) in [4.78, 5) is 14.6. The standard InChI is InChI=1S/C15H22N2O4/c1-4-11-13(10(2)21-16-11)14(18)17-8-12(19-3)15(9-17)6-5-7-20-15/h12H,4-9H2,1-3H3/t12-,15-/m0/s1. The molecule has 6 nitrogen and oxygen atoms in total. The van der Waals surface area contributed by atoms with E-state index in [1.807, 2.05) is 11.8 Å². The lowest BCUT2D eigenvalue weighted by Gasteiger charge is -2.27. The summed E-state index contributed by atoms with van der Waals surface area (Å²) in [5.74, 6) is 0.555. The second-order valence-corrected chi connectivity index (χ2v) is 5.84. The van der Waals surface area contributed by atoms with Crippen LogP contribution in [0.15, 0.2) is 4.52 Å². The Kier molecular flexibility index (Phi) is 3.75. The minimum Gasteiger partial charge on any atom is -0.377 e. The number of aromatic nitrogens is 1. The third-order valence-electron chi connectivity index (χ3n) is 4.62. The predicted octanol–water partition coefficient (Wildman–Crippen LogP) is 1.57. The van der Waals surface area contributed by atoms with E-state index in [1.54, 1.807) is 14.0 Å². The van der Waals surface area contributed by atoms with Crippen molar-refractivity contribution in [2.24, 2.45) is 0 Å². The first-order valence-electron chi connectivity index (χ1n) is 7.52. The number of likely N-dealkylation sites (tertiary alicyclic amines) is 1. The van der Waals surface area contributed by atoms with Crippen molar-refractivity contribution in [3.63, 3.8) is 0 Å². The third-order valence-corrected chi connectivity index (χ3v) is 4.62. The van der Waals surface area contributed by atoms with Crippen LogP contribution in [-0.2, 0) is 15.9 Å². The van der Waals surface area contributed by atoms with Gasteiger partial charge in [-0.05, 0) is 26.2 Å². The van der Waals surface area contributed by atoms with Crippen LogP contribution in [0.4, 0.5) is 0 Å². The van der Waals surface area contributed by atoms with Gasteiger partial charge in [-0.15, -0.1) is 0 Å². The number of hydrogen-bond donors (Lipinski definition) is 0. The molecule has 1 amide bonds. The van der Waals surface area contributed by atoms with E-state index in [2.05, 4.69) is 5.16 Å². The van der Waals surface area contributed by atoms with Crippen LogP contribution in [0.5, 0.6) is 0 Å². The first-order chi connectivity index (χ1) is 10.1. The molecule has 2 saturated heterocycles. The van der Waals surface area contributed by atoms with Crippen LogP contribution in [0, 0.1) is 6.92 Å². The van der Waals surface area contributed by atoms with Crippen LogP contribution in [0.1, 0.15) is 41.6 Å². The summed E-state index contributed by atoms with van der Waals surface area (Å²) in [5, 5.41) is 3.97. The first kappa shape index (κ1) is 14.5. The van der Waals surface area contributed by atoms with E-state index in [9.17, 15) is 4.79 Å². The van der Waals surface area contributed by atoms with E-state index in [0.717, 1.165) is 25.1 Å². The second kappa shape index (κ2) is 5.42. The monoisotopic (exact) mass is 294 g/mol. The van der Waals surface area contributed by atoms with Gasteiger partial charge in [-0.25, -0.2) is 0 Å². The minimum atomic E-state index is -0.331. The molecule has 3 heterocycles. The Labute approximate surface area is 124 Å². The molecule has 0 aliphatic carbocycles. The maximum Gasteiger partial charge on any atom is 0.259 e. The Bertz CT molecular complexity index is 534. The van der Waals surface area contributed by atoms with Crippen molar-refractivity contribution < 1.29 is 18.8 Å². The molecule has 2 atom stereocenters. The highest BCUT2D eigenvalue weighted by atomic mass is 16.6. The van der Waals surface area contributed by atoms with E-state index in [4.69, 9.17) is 14.0 Å². The molecule has 0 radical (unpaired) electrons. The largest absolute Gasteiger partial charge is 0.377 e. The number of ether oxygens (including phenoxy) is 2. The van der Waals surface area contributed by atoms with E-state index in [1.165, 1.54) is 0 Å². The van der Waals surface area contributed by atoms with Crippen LogP contribution < -0.4 is 0 Å². The van der Waals surface area contributed by atoms with Gasteiger partial charge in [0.2, 0.25) is 0 Å². The lowest BCUT2D eigenvalue weighted by atomic mass is 9.96. The van der Waals surface area contributed by atoms with Gasteiger partial charge >= 0.3 is 0 Å². The number of nitrogens with zero attached hydrogens (tertiary/aromatic N) is 2. The van der Waals surface area contributed by atoms with Crippen molar-refractivity contribution in [1.29, 1.82) is 0 Å². The Morgan fingerprint density at radius 1 is 1.57 bits per heavy atom. The summed E-state index contributed by atoms with van der Waals surface area (Å²) in [7, 11) is 1.68. The van der Waals surface area contributed by atoms with Crippen molar-refractivity contribution in [1.82, 2.24) is 10.1 Å². The Morgan fingerprint density at radius 3 is 3.00 bits per heavy atom. The smallest absolute Gasteiger partial charge is 0.259 e. The molecule has 1 spiro atoms. The molecule has 0 saturated carbocycles. The summed E-state index contributed by atoms with van der Waals surface area (Å²) in [6.45, 7) is 5.64. The first-order valence-corrected chi connectivity index (χ1v) is 7.52. The molecule has 2 fully saturated rings. The number of methoxy groups -OCH3 is 1. The van der Waals surface area contributed by atoms with Gasteiger partial charge in [-0.3, -0.25) is 4.79 Å². The van der Waals surface area contributed by atoms with Gasteiger partial charge in [-0.1, -0.05) is 12.1 Å². The summed E-state index contributed by atoms with van der Waals surface area (Å²) in [5.41, 5.74) is 0.990. The van der Waals surface area contributed by atoms with E-state index >= 15 is 0 Å². The molecule has 0 aromatic carbocycles. The van der Waals surface area contributed by atoms with Gasteiger partial charge in [0.15, 0.2) is 0 Å². The molecule has 1 aromatic heterocycles. The predicted molar refractivity (Wildman–Crippen MR) is 75.2 cm³/mol. The number of carbonyl (C=O) groups excluding carboxylic acids is 1. The average Bonchev–Trinajstić information content (AvgIpc) is 3.18. The zero-order valence-electron chi connectivity index (χ0n) is 12.8. The highest BCUT2D eigenvalue weighted by Crippen LogP contribution is 2.37. The zero-order chi connectivity index (χ0) is 15.0. The van der Waals surface area contributed by atoms with Gasteiger partial charge in [0.25, 0.3) is 5.91 Å². The number of carbonyl (C=O) groups is 1. The van der Waals surface area contributed by atoms with Crippen molar-refractivity contribution in [2.75, 3.05) is 26.8 Å². The van der Waals surface area contributed by atoms with Gasteiger partial charge in [0.1, 0.15) is 23.0 Å². The maximum atomic E-state index is 12.8. The van der Waals surface area contributed by atoms with E-state index in [0.29, 0.717) is 30.8 Å². The topological polar surface area (TPSA) is 64.8 Å². The molecule has 0 N–H and O–H groups in total. The Balaban J connectivity index is 1.84. The van der Waals surface area contributed by atoms with Crippen molar-refractivity contribution in [3.05, 3.63) is 17.0 Å². The van der Waals surface area contributed by atoms with Crippen LogP contribution in [-0.4, -0.2) is 54.5 Å². The van der Waals surface area contributed by atoms with E-state index < -0.39 is 0 Å². The van der Waals surface area contributed by atoms with Gasteiger partial charge in [0.05, 0.1) is 18.8 Å². The number of rotatable bonds is 3. The van der Waals surface area contributed by atoms with E-state index in [-0.39, 0.29) is 17.6 Å². The highest BCUT2D eigenvalue weighted by molar-refractivity contribution is 5.96. The Hall–Kier alpha value is -1.40. The lowest BCUT2D eigenvalue weighted by molar-refractivity contribution is -0.0754. The highest BCUT2D eigenvalue weighted by Gasteiger charge is 2.51. The fourth-order valence-electron chi connectivity index (χ4n) is 3.49. The second-order valence-electron chi connectivity index (χ2n) is 5.84. The minimum absolute atomic E-state index is 0.0278. The van der Waals surface area contributed by atoms with Crippen molar-refractivity contribution >= 4 is 5.91 Å². The zero-order valence-corrected chi connectivity index (χ0v) is 12.8. The molecular weight excluding hydrogens is 272 g/mol. The van der Waals surface area contributed by atoms with Gasteiger partial charge in [0, 0.05) is 13.7 Å². The molecule has 2 aliphatic rings. The van der Waals surface area contributed by atoms with Crippen LogP contribution >= 0.6 is 0 Å². The molecule has 21 heavy (non-hydrogen) atoms. The fourth-order valence-corrected chi connectivity index (χ4v) is 3.49. The molecular formula is C15H22N2O4. The third kappa shape index (κ3) is 2.26. The summed E-state index contributed by atoms with van der Waals surface area (Å²) < 4.78 is 16.7. The fraction of sp³-hybridized carbons (Fsp3) is 0.733. The van der Waals surface area contributed by atoms with Gasteiger partial charge < -0.3 is 18.9 Å². The normalized spacial score (nSPS) is 28.7. The molecule has 6 heteroatoms. The molecule has 2 aliphatic heterocycles. The SMILES string of the molecule is CCc1noc(C)c1C(=O)N1C[C@H](OC)[C@]2(CCCO2)C1. The van der Waals surface area contributed by atoms with Crippen LogP contribution in [0.25, 0.3) is 0 Å². The molecule has 116 valence electrons. The van der Waals surface area contributed by atoms with Crippen molar-refractivity contribution in [3.8, 4) is 0 Å². The maximum absolute atomic E-state index is 12.8. The van der Waals surface area contributed by atoms with Crippen molar-refractivity contribution in [2.45, 2.75) is 44.8 Å². The number of hydrogen-bond acceptors (Lipinski definition) is 5. The van der Waals surface area contributed by atoms with Crippen LogP contribution in [0.3, 0.4) is 0 Å². The van der Waals surface area contributed by atoms with Crippen LogP contribution in [0.2, 0.25) is 0 Å². The lowest BCUT2D eigenvalue weighted by Crippen LogP contribution is -2.42.